The molecule has 0 unspecified atom stereocenters. The topological polar surface area (TPSA) is 84.9 Å². The number of ether oxygens (including phenoxy) is 2. The predicted octanol–water partition coefficient (Wildman–Crippen LogP) is 2.05. The number of nitrogens with one attached hydrogen (secondary N) is 1. The second-order valence-corrected chi connectivity index (χ2v) is 8.19. The number of fused-ring (bicyclic) bond motifs is 1. The molecule has 1 heterocycles. The lowest BCUT2D eigenvalue weighted by Gasteiger charge is -2.20. The molecule has 0 saturated carbocycles. The van der Waals surface area contributed by atoms with E-state index in [1.807, 2.05) is 13.8 Å². The van der Waals surface area contributed by atoms with Gasteiger partial charge in [-0.1, -0.05) is 13.8 Å². The number of carbonyl (C=O) groups is 1. The highest BCUT2D eigenvalue weighted by Crippen LogP contribution is 2.34. The van der Waals surface area contributed by atoms with Crippen LogP contribution in [0.1, 0.15) is 26.7 Å². The Morgan fingerprint density at radius 3 is 2.62 bits per heavy atom. The molecule has 1 aliphatic heterocycles. The van der Waals surface area contributed by atoms with Crippen molar-refractivity contribution in [3.05, 3.63) is 18.2 Å². The molecule has 0 bridgehead atoms. The van der Waals surface area contributed by atoms with Gasteiger partial charge in [0.1, 0.15) is 0 Å². The van der Waals surface area contributed by atoms with E-state index >= 15 is 0 Å². The van der Waals surface area contributed by atoms with E-state index in [9.17, 15) is 13.2 Å². The maximum Gasteiger partial charge on any atom is 0.231 e. The molecule has 0 atom stereocenters. The van der Waals surface area contributed by atoms with Crippen LogP contribution in [0.4, 0.5) is 5.69 Å². The Labute approximate surface area is 143 Å². The fourth-order valence-corrected chi connectivity index (χ4v) is 3.13. The number of nitrogens with zero attached hydrogens (tertiary/aromatic N) is 1. The van der Waals surface area contributed by atoms with Gasteiger partial charge in [-0.15, -0.1) is 0 Å². The Balaban J connectivity index is 1.88. The van der Waals surface area contributed by atoms with Gasteiger partial charge in [-0.05, 0) is 24.5 Å². The minimum Gasteiger partial charge on any atom is -0.454 e. The van der Waals surface area contributed by atoms with Gasteiger partial charge in [0.15, 0.2) is 11.5 Å². The van der Waals surface area contributed by atoms with E-state index in [0.717, 1.165) is 6.42 Å². The summed E-state index contributed by atoms with van der Waals surface area (Å²) in [5.41, 5.74) is 0.595. The van der Waals surface area contributed by atoms with Crippen molar-refractivity contribution in [2.75, 3.05) is 31.5 Å². The van der Waals surface area contributed by atoms with Crippen LogP contribution >= 0.6 is 0 Å². The molecular formula is C16H24N2O5S. The van der Waals surface area contributed by atoms with E-state index in [0.29, 0.717) is 29.6 Å². The molecule has 0 radical (unpaired) electrons. The van der Waals surface area contributed by atoms with Gasteiger partial charge >= 0.3 is 0 Å². The maximum atomic E-state index is 12.1. The zero-order chi connectivity index (χ0) is 17.7. The number of amides is 1. The Kier molecular flexibility index (Phi) is 6.06. The number of anilines is 1. The predicted molar refractivity (Wildman–Crippen MR) is 91.7 cm³/mol. The third-order valence-electron chi connectivity index (χ3n) is 3.67. The number of hydrogen-bond acceptors (Lipinski definition) is 5. The van der Waals surface area contributed by atoms with Gasteiger partial charge < -0.3 is 14.8 Å². The summed E-state index contributed by atoms with van der Waals surface area (Å²) in [4.78, 5) is 12.1. The summed E-state index contributed by atoms with van der Waals surface area (Å²) in [6.45, 7) is 4.83. The molecule has 1 amide bonds. The molecule has 0 fully saturated rings. The van der Waals surface area contributed by atoms with Crippen LogP contribution in [-0.2, 0) is 14.8 Å². The fourth-order valence-electron chi connectivity index (χ4n) is 2.27. The zero-order valence-electron chi connectivity index (χ0n) is 14.2. The molecule has 1 aromatic carbocycles. The minimum atomic E-state index is -3.32. The lowest BCUT2D eigenvalue weighted by Crippen LogP contribution is -2.34. The Bertz CT molecular complexity index is 688. The summed E-state index contributed by atoms with van der Waals surface area (Å²) in [6.07, 6.45) is 2.03. The molecule has 8 heteroatoms. The number of rotatable bonds is 8. The van der Waals surface area contributed by atoms with Gasteiger partial charge in [0.2, 0.25) is 22.7 Å². The maximum absolute atomic E-state index is 12.1. The van der Waals surface area contributed by atoms with Gasteiger partial charge in [-0.3, -0.25) is 4.79 Å². The lowest BCUT2D eigenvalue weighted by atomic mass is 10.1. The molecule has 7 nitrogen and oxygen atoms in total. The van der Waals surface area contributed by atoms with E-state index < -0.39 is 10.0 Å². The molecule has 1 aliphatic rings. The van der Waals surface area contributed by atoms with Crippen molar-refractivity contribution >= 4 is 21.6 Å². The van der Waals surface area contributed by atoms with Crippen LogP contribution in [0.3, 0.4) is 0 Å². The van der Waals surface area contributed by atoms with E-state index in [1.165, 1.54) is 10.6 Å². The molecule has 0 aromatic heterocycles. The van der Waals surface area contributed by atoms with Crippen molar-refractivity contribution in [3.63, 3.8) is 0 Å². The van der Waals surface area contributed by atoms with Crippen molar-refractivity contribution < 1.29 is 22.7 Å². The molecule has 1 aromatic rings. The summed E-state index contributed by atoms with van der Waals surface area (Å²) in [6, 6.07) is 5.13. The second kappa shape index (κ2) is 7.85. The quantitative estimate of drug-likeness (QED) is 0.770. The zero-order valence-corrected chi connectivity index (χ0v) is 15.1. The number of benzene rings is 1. The summed E-state index contributed by atoms with van der Waals surface area (Å²) in [5.74, 6) is 1.39. The van der Waals surface area contributed by atoms with E-state index in [1.54, 1.807) is 18.2 Å². The molecule has 0 aliphatic carbocycles. The van der Waals surface area contributed by atoms with Crippen molar-refractivity contribution in [3.8, 4) is 11.5 Å². The highest BCUT2D eigenvalue weighted by Gasteiger charge is 2.19. The molecular weight excluding hydrogens is 332 g/mol. The Hall–Kier alpha value is -1.80. The summed E-state index contributed by atoms with van der Waals surface area (Å²) in [7, 11) is -3.32. The molecule has 0 saturated heterocycles. The normalized spacial score (nSPS) is 13.5. The SMILES string of the molecule is CC(C)CCN(CCC(=O)Nc1ccc2c(c1)OCO2)S(C)(=O)=O. The smallest absolute Gasteiger partial charge is 0.231 e. The molecule has 1 N–H and O–H groups in total. The highest BCUT2D eigenvalue weighted by molar-refractivity contribution is 7.88. The number of carbonyl (C=O) groups excluding carboxylic acids is 1. The average molecular weight is 356 g/mol. The summed E-state index contributed by atoms with van der Waals surface area (Å²) < 4.78 is 35.4. The number of hydrogen-bond donors (Lipinski definition) is 1. The van der Waals surface area contributed by atoms with Crippen LogP contribution in [0.5, 0.6) is 11.5 Å². The van der Waals surface area contributed by atoms with Gasteiger partial charge in [-0.2, -0.15) is 0 Å². The second-order valence-electron chi connectivity index (χ2n) is 6.21. The van der Waals surface area contributed by atoms with Crippen LogP contribution in [0.25, 0.3) is 0 Å². The first-order chi connectivity index (χ1) is 11.3. The van der Waals surface area contributed by atoms with Crippen LogP contribution in [0.15, 0.2) is 18.2 Å². The van der Waals surface area contributed by atoms with Gasteiger partial charge in [0, 0.05) is 31.3 Å². The van der Waals surface area contributed by atoms with Crippen LogP contribution < -0.4 is 14.8 Å². The first-order valence-corrected chi connectivity index (χ1v) is 9.75. The van der Waals surface area contributed by atoms with E-state index in [-0.39, 0.29) is 25.7 Å². The first-order valence-electron chi connectivity index (χ1n) is 7.90. The van der Waals surface area contributed by atoms with Gasteiger partial charge in [0.25, 0.3) is 0 Å². The fraction of sp³-hybridized carbons (Fsp3) is 0.562. The highest BCUT2D eigenvalue weighted by atomic mass is 32.2. The largest absolute Gasteiger partial charge is 0.454 e. The molecule has 0 spiro atoms. The standard InChI is InChI=1S/C16H24N2O5S/c1-12(2)6-8-18(24(3,20)21)9-7-16(19)17-13-4-5-14-15(10-13)23-11-22-14/h4-5,10,12H,6-9,11H2,1-3H3,(H,17,19). The van der Waals surface area contributed by atoms with Crippen LogP contribution in [0, 0.1) is 5.92 Å². The van der Waals surface area contributed by atoms with Crippen molar-refractivity contribution in [2.24, 2.45) is 5.92 Å². The Morgan fingerprint density at radius 2 is 1.96 bits per heavy atom. The average Bonchev–Trinajstić information content (AvgIpc) is 2.92. The molecule has 134 valence electrons. The van der Waals surface area contributed by atoms with Gasteiger partial charge in [-0.25, -0.2) is 12.7 Å². The van der Waals surface area contributed by atoms with Gasteiger partial charge in [0.05, 0.1) is 6.26 Å². The summed E-state index contributed by atoms with van der Waals surface area (Å²) in [5, 5.41) is 2.75. The van der Waals surface area contributed by atoms with Crippen LogP contribution in [-0.4, -0.2) is 44.8 Å². The lowest BCUT2D eigenvalue weighted by molar-refractivity contribution is -0.116. The third-order valence-corrected chi connectivity index (χ3v) is 4.97. The Morgan fingerprint density at radius 1 is 1.25 bits per heavy atom. The monoisotopic (exact) mass is 356 g/mol. The number of sulfonamides is 1. The summed E-state index contributed by atoms with van der Waals surface area (Å²) >= 11 is 0. The van der Waals surface area contributed by atoms with E-state index in [2.05, 4.69) is 5.32 Å². The minimum absolute atomic E-state index is 0.0968. The third kappa shape index (κ3) is 5.38. The molecule has 2 rings (SSSR count). The van der Waals surface area contributed by atoms with Crippen molar-refractivity contribution in [1.82, 2.24) is 4.31 Å². The van der Waals surface area contributed by atoms with Crippen molar-refractivity contribution in [2.45, 2.75) is 26.7 Å². The van der Waals surface area contributed by atoms with Crippen LogP contribution in [0.2, 0.25) is 0 Å². The van der Waals surface area contributed by atoms with Crippen molar-refractivity contribution in [1.29, 1.82) is 0 Å². The van der Waals surface area contributed by atoms with E-state index in [4.69, 9.17) is 9.47 Å². The first kappa shape index (κ1) is 18.5. The molecule has 24 heavy (non-hydrogen) atoms.